The van der Waals surface area contributed by atoms with Gasteiger partial charge in [0.15, 0.2) is 0 Å². The first kappa shape index (κ1) is 39.2. The van der Waals surface area contributed by atoms with Gasteiger partial charge in [0.25, 0.3) is 5.95 Å². The van der Waals surface area contributed by atoms with Gasteiger partial charge in [0.2, 0.25) is 12.2 Å². The standard InChI is InChI=1S/C15H30N2O3S3.C8H14O3.C2H6/c1-6-16-13(18)8-10-22-23-11-12(7-9-21-5)17-14(19)20-15(2,3)4;1-5-9-7(3)11-8(4)10-6-2;1-2/h12H,6-11H2,1-5H3,(H,16,18)(H,17,19);5,7H,1,4,6H2,2-3H3;1-2H3. The van der Waals surface area contributed by atoms with Gasteiger partial charge >= 0.3 is 6.09 Å². The van der Waals surface area contributed by atoms with Crippen molar-refractivity contribution in [3.8, 4) is 0 Å². The van der Waals surface area contributed by atoms with Gasteiger partial charge in [0, 0.05) is 37.4 Å². The molecule has 0 aromatic rings. The number of alkyl carbamates (subject to hydrolysis) is 1. The molecule has 0 aliphatic heterocycles. The highest BCUT2D eigenvalue weighted by Crippen LogP contribution is 2.24. The molecule has 0 aliphatic rings. The van der Waals surface area contributed by atoms with Crippen molar-refractivity contribution >= 4 is 45.4 Å². The van der Waals surface area contributed by atoms with Crippen molar-refractivity contribution in [2.75, 3.05) is 36.7 Å². The molecular weight excluding hydrogens is 520 g/mol. The Kier molecular flexibility index (Phi) is 29.1. The molecule has 0 radical (unpaired) electrons. The van der Waals surface area contributed by atoms with Crippen LogP contribution in [0.15, 0.2) is 25.4 Å². The van der Waals surface area contributed by atoms with Gasteiger partial charge < -0.3 is 29.6 Å². The lowest BCUT2D eigenvalue weighted by Gasteiger charge is -2.23. The van der Waals surface area contributed by atoms with Crippen molar-refractivity contribution in [1.29, 1.82) is 0 Å². The monoisotopic (exact) mass is 570 g/mol. The van der Waals surface area contributed by atoms with Crippen LogP contribution in [0.3, 0.4) is 0 Å². The van der Waals surface area contributed by atoms with E-state index in [0.29, 0.717) is 19.6 Å². The molecule has 0 fully saturated rings. The number of thioether (sulfide) groups is 1. The molecule has 8 nitrogen and oxygen atoms in total. The van der Waals surface area contributed by atoms with E-state index in [2.05, 4.69) is 30.0 Å². The average molecular weight is 571 g/mol. The third-order valence-corrected chi connectivity index (χ3v) is 6.55. The van der Waals surface area contributed by atoms with Crippen LogP contribution >= 0.6 is 33.3 Å². The molecule has 2 unspecified atom stereocenters. The zero-order valence-corrected chi connectivity index (χ0v) is 26.2. The largest absolute Gasteiger partial charge is 0.466 e. The minimum absolute atomic E-state index is 0.0827. The number of carbonyl (C=O) groups excluding carboxylic acids is 2. The summed E-state index contributed by atoms with van der Waals surface area (Å²) in [6.45, 7) is 23.2. The van der Waals surface area contributed by atoms with Crippen molar-refractivity contribution in [1.82, 2.24) is 10.6 Å². The number of amides is 2. The molecule has 0 bridgehead atoms. The molecule has 0 aliphatic carbocycles. The summed E-state index contributed by atoms with van der Waals surface area (Å²) in [7, 11) is 3.36. The Morgan fingerprint density at radius 3 is 2.25 bits per heavy atom. The second-order valence-electron chi connectivity index (χ2n) is 7.73. The topological polar surface area (TPSA) is 95.1 Å². The van der Waals surface area contributed by atoms with Crippen LogP contribution in [0.1, 0.15) is 68.2 Å². The first-order valence-corrected chi connectivity index (χ1v) is 16.1. The number of hydrogen-bond acceptors (Lipinski definition) is 9. The smallest absolute Gasteiger partial charge is 0.407 e. The second-order valence-corrected chi connectivity index (χ2v) is 11.3. The molecule has 0 rings (SSSR count). The Morgan fingerprint density at radius 1 is 1.11 bits per heavy atom. The summed E-state index contributed by atoms with van der Waals surface area (Å²) in [5, 5.41) is 5.72. The molecule has 0 heterocycles. The number of carbonyl (C=O) groups is 2. The summed E-state index contributed by atoms with van der Waals surface area (Å²) in [6, 6.07) is 0.0827. The summed E-state index contributed by atoms with van der Waals surface area (Å²) < 4.78 is 20.1. The summed E-state index contributed by atoms with van der Waals surface area (Å²) in [4.78, 5) is 23.2. The average Bonchev–Trinajstić information content (AvgIpc) is 2.78. The number of nitrogens with one attached hydrogen (secondary N) is 2. The Morgan fingerprint density at radius 2 is 1.75 bits per heavy atom. The summed E-state index contributed by atoms with van der Waals surface area (Å²) in [5.41, 5.74) is -0.483. The summed E-state index contributed by atoms with van der Waals surface area (Å²) >= 11 is 1.76. The zero-order valence-electron chi connectivity index (χ0n) is 23.8. The van der Waals surface area contributed by atoms with E-state index >= 15 is 0 Å². The van der Waals surface area contributed by atoms with Crippen molar-refractivity contribution in [2.24, 2.45) is 0 Å². The van der Waals surface area contributed by atoms with Crippen LogP contribution in [0.25, 0.3) is 0 Å². The van der Waals surface area contributed by atoms with Gasteiger partial charge in [-0.05, 0) is 59.6 Å². The minimum Gasteiger partial charge on any atom is -0.466 e. The molecule has 0 aromatic carbocycles. The van der Waals surface area contributed by atoms with Gasteiger partial charge in [0.05, 0.1) is 12.9 Å². The van der Waals surface area contributed by atoms with E-state index in [1.165, 1.54) is 6.26 Å². The summed E-state index contributed by atoms with van der Waals surface area (Å²) in [5.74, 6) is 2.93. The molecule has 0 saturated carbocycles. The predicted molar refractivity (Wildman–Crippen MR) is 158 cm³/mol. The van der Waals surface area contributed by atoms with Crippen molar-refractivity contribution in [2.45, 2.75) is 86.2 Å². The first-order chi connectivity index (χ1) is 17.0. The Labute approximate surface area is 232 Å². The molecule has 214 valence electrons. The SMILES string of the molecule is C=COC(C)OC(=C)OCC.CC.CCNC(=O)CCSSCC(CCSC)NC(=O)OC(C)(C)C. The summed E-state index contributed by atoms with van der Waals surface area (Å²) in [6.07, 6.45) is 4.04. The van der Waals surface area contributed by atoms with E-state index in [0.717, 1.165) is 23.7 Å². The lowest BCUT2D eigenvalue weighted by atomic mass is 10.2. The molecule has 0 spiro atoms. The van der Waals surface area contributed by atoms with Crippen molar-refractivity contribution in [3.63, 3.8) is 0 Å². The van der Waals surface area contributed by atoms with Crippen LogP contribution in [-0.4, -0.2) is 66.6 Å². The van der Waals surface area contributed by atoms with Crippen LogP contribution < -0.4 is 10.6 Å². The van der Waals surface area contributed by atoms with Gasteiger partial charge in [-0.3, -0.25) is 4.79 Å². The fraction of sp³-hybridized carbons (Fsp3) is 0.760. The molecule has 0 saturated heterocycles. The van der Waals surface area contributed by atoms with Gasteiger partial charge in [-0.1, -0.05) is 42.0 Å². The van der Waals surface area contributed by atoms with Crippen molar-refractivity contribution < 1.29 is 28.5 Å². The third kappa shape index (κ3) is 30.7. The van der Waals surface area contributed by atoms with Crippen LogP contribution in [0.4, 0.5) is 4.79 Å². The Balaban J connectivity index is -0.000000700. The Bertz CT molecular complexity index is 574. The van der Waals surface area contributed by atoms with Gasteiger partial charge in [0.1, 0.15) is 5.60 Å². The maximum Gasteiger partial charge on any atom is 0.407 e. The van der Waals surface area contributed by atoms with E-state index < -0.39 is 11.9 Å². The van der Waals surface area contributed by atoms with E-state index in [1.54, 1.807) is 40.3 Å². The minimum atomic E-state index is -0.483. The van der Waals surface area contributed by atoms with Gasteiger partial charge in [-0.2, -0.15) is 11.8 Å². The third-order valence-electron chi connectivity index (χ3n) is 3.42. The molecule has 0 aromatic heterocycles. The first-order valence-electron chi connectivity index (χ1n) is 12.2. The zero-order chi connectivity index (χ0) is 28.4. The predicted octanol–water partition coefficient (Wildman–Crippen LogP) is 6.58. The van der Waals surface area contributed by atoms with Gasteiger partial charge in [-0.15, -0.1) is 0 Å². The lowest BCUT2D eigenvalue weighted by molar-refractivity contribution is -0.120. The highest BCUT2D eigenvalue weighted by Gasteiger charge is 2.19. The molecule has 2 amide bonds. The maximum absolute atomic E-state index is 11.9. The number of ether oxygens (including phenoxy) is 4. The highest BCUT2D eigenvalue weighted by atomic mass is 33.1. The van der Waals surface area contributed by atoms with E-state index in [9.17, 15) is 9.59 Å². The molecule has 36 heavy (non-hydrogen) atoms. The molecular formula is C25H50N2O6S3. The van der Waals surface area contributed by atoms with E-state index in [4.69, 9.17) is 18.9 Å². The van der Waals surface area contributed by atoms with E-state index in [-0.39, 0.29) is 24.0 Å². The van der Waals surface area contributed by atoms with Crippen molar-refractivity contribution in [3.05, 3.63) is 25.4 Å². The molecule has 11 heteroatoms. The quantitative estimate of drug-likeness (QED) is 0.0869. The Hall–Kier alpha value is -1.33. The van der Waals surface area contributed by atoms with E-state index in [1.807, 2.05) is 48.5 Å². The molecule has 2 N–H and O–H groups in total. The highest BCUT2D eigenvalue weighted by molar-refractivity contribution is 8.76. The fourth-order valence-electron chi connectivity index (χ4n) is 2.08. The second kappa shape index (κ2) is 26.7. The normalized spacial score (nSPS) is 11.7. The van der Waals surface area contributed by atoms with Crippen LogP contribution in [0.2, 0.25) is 0 Å². The number of hydrogen-bond donors (Lipinski definition) is 2. The van der Waals surface area contributed by atoms with Crippen LogP contribution in [0.5, 0.6) is 0 Å². The van der Waals surface area contributed by atoms with Crippen LogP contribution in [0, 0.1) is 0 Å². The number of rotatable bonds is 17. The van der Waals surface area contributed by atoms with Gasteiger partial charge in [-0.25, -0.2) is 4.79 Å². The lowest BCUT2D eigenvalue weighted by Crippen LogP contribution is -2.40. The fourth-order valence-corrected chi connectivity index (χ4v) is 4.89. The molecule has 2 atom stereocenters. The van der Waals surface area contributed by atoms with Crippen LogP contribution in [-0.2, 0) is 23.7 Å². The maximum atomic E-state index is 11.9.